The number of ether oxygens (including phenoxy) is 8. The molecule has 0 aliphatic carbocycles. The van der Waals surface area contributed by atoms with Crippen LogP contribution in [0.4, 0.5) is 5.69 Å². The molecule has 0 amide bonds. The Labute approximate surface area is 201 Å². The molecule has 0 fully saturated rings. The van der Waals surface area contributed by atoms with Crippen molar-refractivity contribution in [1.82, 2.24) is 0 Å². The van der Waals surface area contributed by atoms with Crippen molar-refractivity contribution >= 4 is 5.69 Å². The molecule has 1 aromatic rings. The standard InChI is InChI=1S/C23H39NO10/c1-21(2)33-19-17-31-15-13-29-11-9-27-7-8-28-10-12-30-14-16-32-18-20-34-23-5-3-22(4-6-23)24(25)26/h3-6,21H,7-20H2,1-2H3. The molecular formula is C23H39NO10. The van der Waals surface area contributed by atoms with Crippen LogP contribution in [0.3, 0.4) is 0 Å². The molecule has 0 unspecified atom stereocenters. The molecule has 1 rings (SSSR count). The summed E-state index contributed by atoms with van der Waals surface area (Å²) in [7, 11) is 0. The number of benzene rings is 1. The van der Waals surface area contributed by atoms with Crippen molar-refractivity contribution in [3.05, 3.63) is 34.4 Å². The molecule has 0 aromatic heterocycles. The molecule has 34 heavy (non-hydrogen) atoms. The molecule has 0 aliphatic rings. The van der Waals surface area contributed by atoms with Gasteiger partial charge in [-0.1, -0.05) is 0 Å². The van der Waals surface area contributed by atoms with E-state index in [0.717, 1.165) is 0 Å². The first-order valence-corrected chi connectivity index (χ1v) is 11.5. The Morgan fingerprint density at radius 3 is 1.32 bits per heavy atom. The predicted octanol–water partition coefficient (Wildman–Crippen LogP) is 2.50. The third-order valence-corrected chi connectivity index (χ3v) is 4.08. The zero-order valence-corrected chi connectivity index (χ0v) is 20.3. The van der Waals surface area contributed by atoms with Gasteiger partial charge in [0.05, 0.1) is 96.9 Å². The summed E-state index contributed by atoms with van der Waals surface area (Å²) in [6, 6.07) is 5.92. The number of nitrogens with zero attached hydrogens (tertiary/aromatic N) is 1. The second-order valence-corrected chi connectivity index (χ2v) is 7.19. The molecular weight excluding hydrogens is 450 g/mol. The molecule has 1 aromatic carbocycles. The SMILES string of the molecule is CC(C)OCCOCCOCCOCCOCCOCCOCCOc1ccc([N+](=O)[O-])cc1. The number of non-ortho nitro benzene ring substituents is 1. The molecule has 11 heteroatoms. The Balaban J connectivity index is 1.72. The number of nitro groups is 1. The fraction of sp³-hybridized carbons (Fsp3) is 0.739. The third-order valence-electron chi connectivity index (χ3n) is 4.08. The first kappa shape index (κ1) is 30.2. The van der Waals surface area contributed by atoms with Crippen molar-refractivity contribution in [1.29, 1.82) is 0 Å². The van der Waals surface area contributed by atoms with E-state index in [1.54, 1.807) is 12.1 Å². The van der Waals surface area contributed by atoms with Gasteiger partial charge in [-0.05, 0) is 26.0 Å². The predicted molar refractivity (Wildman–Crippen MR) is 125 cm³/mol. The van der Waals surface area contributed by atoms with Gasteiger partial charge in [-0.2, -0.15) is 0 Å². The van der Waals surface area contributed by atoms with Crippen LogP contribution >= 0.6 is 0 Å². The smallest absolute Gasteiger partial charge is 0.269 e. The average molecular weight is 490 g/mol. The molecule has 0 bridgehead atoms. The summed E-state index contributed by atoms with van der Waals surface area (Å²) in [6.45, 7) is 10.9. The highest BCUT2D eigenvalue weighted by atomic mass is 16.6. The fourth-order valence-corrected chi connectivity index (χ4v) is 2.43. The van der Waals surface area contributed by atoms with Gasteiger partial charge in [0, 0.05) is 12.1 Å². The molecule has 0 saturated carbocycles. The molecule has 0 saturated heterocycles. The van der Waals surface area contributed by atoms with Crippen LogP contribution in [0.1, 0.15) is 13.8 Å². The van der Waals surface area contributed by atoms with Crippen molar-refractivity contribution in [2.45, 2.75) is 20.0 Å². The van der Waals surface area contributed by atoms with Gasteiger partial charge in [-0.15, -0.1) is 0 Å². The molecule has 0 aliphatic heterocycles. The van der Waals surface area contributed by atoms with Crippen molar-refractivity contribution in [2.24, 2.45) is 0 Å². The van der Waals surface area contributed by atoms with Crippen LogP contribution in [-0.2, 0) is 33.2 Å². The Morgan fingerprint density at radius 2 is 0.971 bits per heavy atom. The Bertz CT molecular complexity index is 600. The largest absolute Gasteiger partial charge is 0.491 e. The summed E-state index contributed by atoms with van der Waals surface area (Å²) in [4.78, 5) is 10.1. The van der Waals surface area contributed by atoms with Gasteiger partial charge < -0.3 is 37.9 Å². The van der Waals surface area contributed by atoms with E-state index in [1.807, 2.05) is 13.8 Å². The summed E-state index contributed by atoms with van der Waals surface area (Å²) in [5.41, 5.74) is 0.0310. The van der Waals surface area contributed by atoms with E-state index in [1.165, 1.54) is 12.1 Å². The lowest BCUT2D eigenvalue weighted by Crippen LogP contribution is -2.15. The molecule has 0 N–H and O–H groups in total. The zero-order valence-electron chi connectivity index (χ0n) is 20.3. The van der Waals surface area contributed by atoms with E-state index < -0.39 is 4.92 Å². The van der Waals surface area contributed by atoms with E-state index in [4.69, 9.17) is 37.9 Å². The monoisotopic (exact) mass is 489 g/mol. The maximum absolute atomic E-state index is 10.6. The van der Waals surface area contributed by atoms with Gasteiger partial charge in [0.25, 0.3) is 5.69 Å². The highest BCUT2D eigenvalue weighted by Crippen LogP contribution is 2.16. The topological polar surface area (TPSA) is 117 Å². The first-order chi connectivity index (χ1) is 16.6. The number of hydrogen-bond acceptors (Lipinski definition) is 10. The van der Waals surface area contributed by atoms with Crippen molar-refractivity contribution in [2.75, 3.05) is 92.5 Å². The third kappa shape index (κ3) is 18.6. The van der Waals surface area contributed by atoms with Gasteiger partial charge >= 0.3 is 0 Å². The number of rotatable bonds is 24. The summed E-state index contributed by atoms with van der Waals surface area (Å²) in [5, 5.41) is 10.6. The Kier molecular flexibility index (Phi) is 19.2. The summed E-state index contributed by atoms with van der Waals surface area (Å²) < 4.78 is 43.3. The lowest BCUT2D eigenvalue weighted by Gasteiger charge is -2.09. The Hall–Kier alpha value is -1.86. The number of nitro benzene ring substituents is 1. The van der Waals surface area contributed by atoms with Gasteiger partial charge in [0.2, 0.25) is 0 Å². The van der Waals surface area contributed by atoms with Crippen LogP contribution in [0.25, 0.3) is 0 Å². The summed E-state index contributed by atoms with van der Waals surface area (Å²) in [6.07, 6.45) is 0.226. The van der Waals surface area contributed by atoms with E-state index in [0.29, 0.717) is 98.2 Å². The highest BCUT2D eigenvalue weighted by molar-refractivity contribution is 5.35. The maximum Gasteiger partial charge on any atom is 0.269 e. The first-order valence-electron chi connectivity index (χ1n) is 11.5. The fourth-order valence-electron chi connectivity index (χ4n) is 2.43. The van der Waals surface area contributed by atoms with Gasteiger partial charge in [-0.3, -0.25) is 10.1 Å². The van der Waals surface area contributed by atoms with Crippen LogP contribution in [0, 0.1) is 10.1 Å². The van der Waals surface area contributed by atoms with Crippen LogP contribution in [0.5, 0.6) is 5.75 Å². The summed E-state index contributed by atoms with van der Waals surface area (Å²) in [5.74, 6) is 0.563. The second-order valence-electron chi connectivity index (χ2n) is 7.19. The number of hydrogen-bond donors (Lipinski definition) is 0. The minimum atomic E-state index is -0.450. The second kappa shape index (κ2) is 21.7. The highest BCUT2D eigenvalue weighted by Gasteiger charge is 2.04. The Morgan fingerprint density at radius 1 is 0.618 bits per heavy atom. The molecule has 11 nitrogen and oxygen atoms in total. The van der Waals surface area contributed by atoms with E-state index >= 15 is 0 Å². The normalized spacial score (nSPS) is 11.3. The molecule has 0 heterocycles. The van der Waals surface area contributed by atoms with E-state index in [-0.39, 0.29) is 11.8 Å². The van der Waals surface area contributed by atoms with Gasteiger partial charge in [0.1, 0.15) is 12.4 Å². The zero-order chi connectivity index (χ0) is 24.7. The van der Waals surface area contributed by atoms with Gasteiger partial charge in [-0.25, -0.2) is 0 Å². The molecule has 0 radical (unpaired) electrons. The van der Waals surface area contributed by atoms with Crippen LogP contribution in [0.2, 0.25) is 0 Å². The van der Waals surface area contributed by atoms with Crippen molar-refractivity contribution < 1.29 is 42.8 Å². The minimum absolute atomic E-state index is 0.0310. The average Bonchev–Trinajstić information content (AvgIpc) is 2.82. The van der Waals surface area contributed by atoms with Crippen LogP contribution in [-0.4, -0.2) is 104 Å². The van der Waals surface area contributed by atoms with Gasteiger partial charge in [0.15, 0.2) is 0 Å². The summed E-state index contributed by atoms with van der Waals surface area (Å²) >= 11 is 0. The molecule has 0 atom stereocenters. The van der Waals surface area contributed by atoms with Crippen LogP contribution < -0.4 is 4.74 Å². The molecule has 0 spiro atoms. The van der Waals surface area contributed by atoms with E-state index in [2.05, 4.69) is 0 Å². The lowest BCUT2D eigenvalue weighted by atomic mass is 10.3. The molecule has 196 valence electrons. The lowest BCUT2D eigenvalue weighted by molar-refractivity contribution is -0.384. The van der Waals surface area contributed by atoms with E-state index in [9.17, 15) is 10.1 Å². The maximum atomic E-state index is 10.6. The minimum Gasteiger partial charge on any atom is -0.491 e. The quantitative estimate of drug-likeness (QED) is 0.122. The van der Waals surface area contributed by atoms with Crippen LogP contribution in [0.15, 0.2) is 24.3 Å². The van der Waals surface area contributed by atoms with Crippen molar-refractivity contribution in [3.8, 4) is 5.75 Å². The van der Waals surface area contributed by atoms with Crippen molar-refractivity contribution in [3.63, 3.8) is 0 Å².